The zero-order valence-corrected chi connectivity index (χ0v) is 20.7. The molecule has 0 saturated heterocycles. The van der Waals surface area contributed by atoms with E-state index >= 15 is 0 Å². The normalized spacial score (nSPS) is 12.9. The molecule has 36 heavy (non-hydrogen) atoms. The second-order valence-electron chi connectivity index (χ2n) is 8.51. The number of hydrazine groups is 2. The maximum Gasteiger partial charge on any atom is 0.269 e. The fraction of sp³-hybridized carbons (Fsp3) is 0.154. The molecule has 2 heterocycles. The number of benzene rings is 3. The third-order valence-corrected chi connectivity index (χ3v) is 7.00. The van der Waals surface area contributed by atoms with Crippen molar-refractivity contribution in [3.63, 3.8) is 0 Å². The summed E-state index contributed by atoms with van der Waals surface area (Å²) in [6.07, 6.45) is 1.84. The molecule has 9 nitrogen and oxygen atoms in total. The minimum atomic E-state index is -0.399. The zero-order chi connectivity index (χ0) is 25.1. The van der Waals surface area contributed by atoms with E-state index < -0.39 is 4.92 Å². The average molecular weight is 500 g/mol. The maximum atomic E-state index is 11.0. The third-order valence-electron chi connectivity index (χ3n) is 5.86. The minimum Gasteiger partial charge on any atom is -0.266 e. The summed E-state index contributed by atoms with van der Waals surface area (Å²) in [6, 6.07) is 23.2. The molecule has 0 radical (unpaired) electrons. The Bertz CT molecular complexity index is 1420. The molecule has 5 rings (SSSR count). The van der Waals surface area contributed by atoms with Gasteiger partial charge in [0, 0.05) is 17.9 Å². The largest absolute Gasteiger partial charge is 0.269 e. The molecular weight excluding hydrogens is 474 g/mol. The van der Waals surface area contributed by atoms with Crippen molar-refractivity contribution in [2.45, 2.75) is 31.2 Å². The van der Waals surface area contributed by atoms with E-state index in [0.29, 0.717) is 12.4 Å². The lowest BCUT2D eigenvalue weighted by molar-refractivity contribution is -0.384. The molecule has 0 unspecified atom stereocenters. The van der Waals surface area contributed by atoms with E-state index in [4.69, 9.17) is 5.10 Å². The van der Waals surface area contributed by atoms with Crippen molar-refractivity contribution in [3.05, 3.63) is 117 Å². The van der Waals surface area contributed by atoms with Crippen molar-refractivity contribution in [2.24, 2.45) is 5.10 Å². The molecule has 3 aromatic carbocycles. The number of nitrogens with one attached hydrogen (secondary N) is 2. The molecule has 2 N–H and O–H groups in total. The Morgan fingerprint density at radius 1 is 1.00 bits per heavy atom. The third kappa shape index (κ3) is 4.95. The number of nitrogens with zero attached hydrogens (tertiary/aromatic N) is 5. The van der Waals surface area contributed by atoms with Gasteiger partial charge >= 0.3 is 0 Å². The van der Waals surface area contributed by atoms with Gasteiger partial charge in [0.05, 0.1) is 28.9 Å². The van der Waals surface area contributed by atoms with E-state index in [1.54, 1.807) is 23.9 Å². The lowest BCUT2D eigenvalue weighted by Crippen LogP contribution is -2.40. The number of nitro groups is 1. The molecule has 10 heteroatoms. The van der Waals surface area contributed by atoms with Crippen LogP contribution in [0.2, 0.25) is 0 Å². The summed E-state index contributed by atoms with van der Waals surface area (Å²) in [5.74, 6) is 1.47. The number of aryl methyl sites for hydroxylation is 2. The Hall–Kier alpha value is -4.15. The highest BCUT2D eigenvalue weighted by atomic mass is 32.2. The first-order chi connectivity index (χ1) is 17.5. The highest BCUT2D eigenvalue weighted by molar-refractivity contribution is 7.98. The van der Waals surface area contributed by atoms with Gasteiger partial charge in [0.1, 0.15) is 5.03 Å². The van der Waals surface area contributed by atoms with Crippen LogP contribution in [0.25, 0.3) is 5.69 Å². The van der Waals surface area contributed by atoms with E-state index in [2.05, 4.69) is 60.4 Å². The van der Waals surface area contributed by atoms with Crippen LogP contribution in [0.15, 0.2) is 89.1 Å². The van der Waals surface area contributed by atoms with Crippen LogP contribution in [0.5, 0.6) is 0 Å². The number of amidine groups is 1. The number of hydrogen-bond donors (Lipinski definition) is 2. The molecule has 0 bridgehead atoms. The lowest BCUT2D eigenvalue weighted by atomic mass is 10.1. The zero-order valence-electron chi connectivity index (χ0n) is 19.9. The molecular formula is C26H25N7O2S. The molecule has 1 aliphatic heterocycles. The Morgan fingerprint density at radius 2 is 1.78 bits per heavy atom. The number of rotatable bonds is 8. The van der Waals surface area contributed by atoms with E-state index in [1.165, 1.54) is 23.3 Å². The molecule has 182 valence electrons. The predicted octanol–water partition coefficient (Wildman–Crippen LogP) is 4.88. The lowest BCUT2D eigenvalue weighted by Gasteiger charge is -2.19. The van der Waals surface area contributed by atoms with Crippen molar-refractivity contribution in [2.75, 3.05) is 0 Å². The Morgan fingerprint density at radius 3 is 2.50 bits per heavy atom. The summed E-state index contributed by atoms with van der Waals surface area (Å²) < 4.78 is 1.97. The predicted molar refractivity (Wildman–Crippen MR) is 140 cm³/mol. The molecule has 0 spiro atoms. The molecule has 0 saturated carbocycles. The SMILES string of the molecule is Cc1ccc(-n2ncc(C3=NNNN3Cc3ccc([N+](=O)[O-])cc3)c2SCc2ccccc2)c(C)c1. The molecule has 0 amide bonds. The van der Waals surface area contributed by atoms with Gasteiger partial charge in [0.2, 0.25) is 0 Å². The number of aromatic nitrogens is 2. The molecule has 0 fully saturated rings. The quantitative estimate of drug-likeness (QED) is 0.203. The molecule has 0 atom stereocenters. The first kappa shape index (κ1) is 23.6. The number of hydrazone groups is 1. The van der Waals surface area contributed by atoms with Crippen LogP contribution in [-0.4, -0.2) is 25.5 Å². The van der Waals surface area contributed by atoms with Crippen LogP contribution in [0.1, 0.15) is 27.8 Å². The Labute approximate surface area is 212 Å². The van der Waals surface area contributed by atoms with E-state index in [0.717, 1.165) is 33.2 Å². The van der Waals surface area contributed by atoms with E-state index in [9.17, 15) is 10.1 Å². The number of nitro benzene ring substituents is 1. The fourth-order valence-corrected chi connectivity index (χ4v) is 5.11. The number of hydrogen-bond acceptors (Lipinski definition) is 8. The van der Waals surface area contributed by atoms with Gasteiger partial charge in [-0.3, -0.25) is 15.1 Å². The number of thioether (sulfide) groups is 1. The minimum absolute atomic E-state index is 0.0643. The van der Waals surface area contributed by atoms with Crippen molar-refractivity contribution in [3.8, 4) is 5.69 Å². The molecule has 0 aliphatic carbocycles. The standard InChI is InChI=1S/C26H25N7O2S/c1-18-8-13-24(19(2)14-18)32-26(36-17-21-6-4-3-5-7-21)23(15-27-32)25-28-29-30-31(25)16-20-9-11-22(12-10-20)33(34)35/h3-15,29-30H,16-17H2,1-2H3. The van der Waals surface area contributed by atoms with Crippen LogP contribution in [0.4, 0.5) is 5.69 Å². The smallest absolute Gasteiger partial charge is 0.266 e. The van der Waals surface area contributed by atoms with Crippen LogP contribution in [0.3, 0.4) is 0 Å². The highest BCUT2D eigenvalue weighted by Gasteiger charge is 2.26. The summed E-state index contributed by atoms with van der Waals surface area (Å²) in [6.45, 7) is 4.63. The van der Waals surface area contributed by atoms with Crippen molar-refractivity contribution in [1.82, 2.24) is 25.9 Å². The van der Waals surface area contributed by atoms with Gasteiger partial charge < -0.3 is 0 Å². The van der Waals surface area contributed by atoms with Crippen LogP contribution < -0.4 is 11.1 Å². The van der Waals surface area contributed by atoms with Gasteiger partial charge in [-0.1, -0.05) is 60.2 Å². The summed E-state index contributed by atoms with van der Waals surface area (Å²) in [7, 11) is 0. The average Bonchev–Trinajstić information content (AvgIpc) is 3.50. The molecule has 4 aromatic rings. The summed E-state index contributed by atoms with van der Waals surface area (Å²) in [5, 5.41) is 23.1. The summed E-state index contributed by atoms with van der Waals surface area (Å²) in [4.78, 5) is 10.6. The Balaban J connectivity index is 1.48. The monoisotopic (exact) mass is 499 g/mol. The second-order valence-corrected chi connectivity index (χ2v) is 9.47. The van der Waals surface area contributed by atoms with Crippen molar-refractivity contribution < 1.29 is 4.92 Å². The highest BCUT2D eigenvalue weighted by Crippen LogP contribution is 2.31. The van der Waals surface area contributed by atoms with Gasteiger partial charge in [-0.25, -0.2) is 10.2 Å². The summed E-state index contributed by atoms with van der Waals surface area (Å²) in [5.41, 5.74) is 12.3. The maximum absolute atomic E-state index is 11.0. The van der Waals surface area contributed by atoms with Gasteiger partial charge in [-0.15, -0.1) is 22.4 Å². The number of non-ortho nitro benzene ring substituents is 1. The topological polar surface area (TPSA) is 101 Å². The van der Waals surface area contributed by atoms with Gasteiger partial charge in [0.15, 0.2) is 5.84 Å². The van der Waals surface area contributed by atoms with Crippen molar-refractivity contribution in [1.29, 1.82) is 0 Å². The van der Waals surface area contributed by atoms with Crippen LogP contribution in [-0.2, 0) is 12.3 Å². The first-order valence-electron chi connectivity index (χ1n) is 11.4. The van der Waals surface area contributed by atoms with Gasteiger partial charge in [0.25, 0.3) is 5.69 Å². The fourth-order valence-electron chi connectivity index (χ4n) is 4.05. The van der Waals surface area contributed by atoms with Crippen molar-refractivity contribution >= 4 is 23.3 Å². The Kier molecular flexibility index (Phi) is 6.70. The van der Waals surface area contributed by atoms with E-state index in [1.807, 2.05) is 34.1 Å². The molecule has 1 aromatic heterocycles. The first-order valence-corrected chi connectivity index (χ1v) is 12.4. The summed E-state index contributed by atoms with van der Waals surface area (Å²) >= 11 is 1.70. The molecule has 1 aliphatic rings. The van der Waals surface area contributed by atoms with Gasteiger partial charge in [-0.05, 0) is 36.6 Å². The van der Waals surface area contributed by atoms with Crippen LogP contribution >= 0.6 is 11.8 Å². The van der Waals surface area contributed by atoms with Crippen LogP contribution in [0, 0.1) is 24.0 Å². The second kappa shape index (κ2) is 10.2. The van der Waals surface area contributed by atoms with Gasteiger partial charge in [-0.2, -0.15) is 5.10 Å². The van der Waals surface area contributed by atoms with E-state index in [-0.39, 0.29) is 5.69 Å².